The van der Waals surface area contributed by atoms with Gasteiger partial charge in [0.2, 0.25) is 0 Å². The van der Waals surface area contributed by atoms with Crippen molar-refractivity contribution in [2.24, 2.45) is 0 Å². The maximum Gasteiger partial charge on any atom is 0.180 e. The molecule has 1 aromatic carbocycles. The van der Waals surface area contributed by atoms with Gasteiger partial charge in [-0.15, -0.1) is 0 Å². The molecule has 1 aliphatic rings. The molecule has 0 spiro atoms. The molecule has 2 rings (SSSR count). The van der Waals surface area contributed by atoms with Crippen molar-refractivity contribution in [1.82, 2.24) is 9.80 Å². The van der Waals surface area contributed by atoms with E-state index in [1.807, 2.05) is 7.05 Å². The van der Waals surface area contributed by atoms with Crippen LogP contribution in [0.5, 0.6) is 5.75 Å². The van der Waals surface area contributed by atoms with E-state index in [0.29, 0.717) is 0 Å². The van der Waals surface area contributed by atoms with Crippen LogP contribution in [0.1, 0.15) is 17.3 Å². The lowest BCUT2D eigenvalue weighted by Crippen LogP contribution is -2.51. The Balaban J connectivity index is 2.06. The standard InChI is InChI=1S/C14H19FN2O2/c1-10-8-16(2)5-6-17(10)9-14(19)12-7-11(15)3-4-13(12)18/h3-4,7,10,18H,5-6,8-9H2,1-2H3. The maximum atomic E-state index is 13.1. The molecule has 4 nitrogen and oxygen atoms in total. The summed E-state index contributed by atoms with van der Waals surface area (Å²) in [6.45, 7) is 4.90. The number of phenolic OH excluding ortho intramolecular Hbond substituents is 1. The molecule has 1 fully saturated rings. The predicted molar refractivity (Wildman–Crippen MR) is 70.9 cm³/mol. The minimum atomic E-state index is -0.507. The summed E-state index contributed by atoms with van der Waals surface area (Å²) in [5, 5.41) is 9.63. The lowest BCUT2D eigenvalue weighted by atomic mass is 10.1. The summed E-state index contributed by atoms with van der Waals surface area (Å²) in [6.07, 6.45) is 0. The normalized spacial score (nSPS) is 21.5. The lowest BCUT2D eigenvalue weighted by Gasteiger charge is -2.37. The van der Waals surface area contributed by atoms with Crippen molar-refractivity contribution in [2.45, 2.75) is 13.0 Å². The molecule has 19 heavy (non-hydrogen) atoms. The summed E-state index contributed by atoms with van der Waals surface area (Å²) in [6, 6.07) is 3.73. The second kappa shape index (κ2) is 5.67. The van der Waals surface area contributed by atoms with Crippen LogP contribution in [0.15, 0.2) is 18.2 Å². The first-order valence-corrected chi connectivity index (χ1v) is 6.41. The minimum absolute atomic E-state index is 0.0612. The topological polar surface area (TPSA) is 43.8 Å². The third kappa shape index (κ3) is 3.30. The van der Waals surface area contributed by atoms with Crippen LogP contribution in [-0.4, -0.2) is 60.0 Å². The van der Waals surface area contributed by atoms with Crippen molar-refractivity contribution in [2.75, 3.05) is 33.2 Å². The lowest BCUT2D eigenvalue weighted by molar-refractivity contribution is 0.0745. The molecule has 104 valence electrons. The van der Waals surface area contributed by atoms with Crippen molar-refractivity contribution >= 4 is 5.78 Å². The number of halogens is 1. The summed E-state index contributed by atoms with van der Waals surface area (Å²) in [5.74, 6) is -0.908. The van der Waals surface area contributed by atoms with Crippen molar-refractivity contribution in [1.29, 1.82) is 0 Å². The number of hydrogen-bond acceptors (Lipinski definition) is 4. The van der Waals surface area contributed by atoms with Crippen molar-refractivity contribution in [3.8, 4) is 5.75 Å². The Morgan fingerprint density at radius 1 is 1.47 bits per heavy atom. The molecule has 1 heterocycles. The summed E-state index contributed by atoms with van der Waals surface area (Å²) in [7, 11) is 2.05. The molecule has 5 heteroatoms. The maximum absolute atomic E-state index is 13.1. The van der Waals surface area contributed by atoms with Gasteiger partial charge in [-0.1, -0.05) is 0 Å². The summed E-state index contributed by atoms with van der Waals surface area (Å²) in [4.78, 5) is 16.4. The SMILES string of the molecule is CC1CN(C)CCN1CC(=O)c1cc(F)ccc1O. The van der Waals surface area contributed by atoms with Crippen LogP contribution in [0.4, 0.5) is 4.39 Å². The largest absolute Gasteiger partial charge is 0.507 e. The first-order chi connectivity index (χ1) is 8.97. The third-order valence-electron chi connectivity index (χ3n) is 3.57. The number of benzene rings is 1. The number of phenols is 1. The Bertz CT molecular complexity index is 479. The van der Waals surface area contributed by atoms with Gasteiger partial charge >= 0.3 is 0 Å². The Kier molecular flexibility index (Phi) is 4.17. The third-order valence-corrected chi connectivity index (χ3v) is 3.57. The van der Waals surface area contributed by atoms with E-state index in [9.17, 15) is 14.3 Å². The highest BCUT2D eigenvalue weighted by atomic mass is 19.1. The van der Waals surface area contributed by atoms with Crippen LogP contribution in [0.2, 0.25) is 0 Å². The summed E-state index contributed by atoms with van der Waals surface area (Å²) >= 11 is 0. The quantitative estimate of drug-likeness (QED) is 0.839. The smallest absolute Gasteiger partial charge is 0.180 e. The summed E-state index contributed by atoms with van der Waals surface area (Å²) in [5.41, 5.74) is 0.0612. The molecule has 0 aliphatic carbocycles. The highest BCUT2D eigenvalue weighted by Crippen LogP contribution is 2.19. The second-order valence-corrected chi connectivity index (χ2v) is 5.17. The van der Waals surface area contributed by atoms with E-state index in [1.54, 1.807) is 0 Å². The fourth-order valence-electron chi connectivity index (χ4n) is 2.41. The van der Waals surface area contributed by atoms with Crippen molar-refractivity contribution in [3.05, 3.63) is 29.6 Å². The molecule has 1 saturated heterocycles. The molecule has 0 bridgehead atoms. The van der Waals surface area contributed by atoms with Gasteiger partial charge < -0.3 is 10.0 Å². The van der Waals surface area contributed by atoms with Gasteiger partial charge in [-0.2, -0.15) is 0 Å². The Morgan fingerprint density at radius 3 is 2.89 bits per heavy atom. The number of carbonyl (C=O) groups is 1. The molecular weight excluding hydrogens is 247 g/mol. The first-order valence-electron chi connectivity index (χ1n) is 6.41. The van der Waals surface area contributed by atoms with Crippen molar-refractivity contribution < 1.29 is 14.3 Å². The van der Waals surface area contributed by atoms with Crippen LogP contribution in [-0.2, 0) is 0 Å². The number of hydrogen-bond donors (Lipinski definition) is 1. The van der Waals surface area contributed by atoms with E-state index in [-0.39, 0.29) is 29.7 Å². The number of rotatable bonds is 3. The van der Waals surface area contributed by atoms with Gasteiger partial charge in [0.15, 0.2) is 5.78 Å². The second-order valence-electron chi connectivity index (χ2n) is 5.17. The number of piperazine rings is 1. The zero-order chi connectivity index (χ0) is 14.0. The molecule has 0 radical (unpaired) electrons. The molecule has 1 aliphatic heterocycles. The monoisotopic (exact) mass is 266 g/mol. The average molecular weight is 266 g/mol. The van der Waals surface area contributed by atoms with Crippen LogP contribution >= 0.6 is 0 Å². The fourth-order valence-corrected chi connectivity index (χ4v) is 2.41. The fraction of sp³-hybridized carbons (Fsp3) is 0.500. The van der Waals surface area contributed by atoms with E-state index in [1.165, 1.54) is 6.07 Å². The number of nitrogens with zero attached hydrogens (tertiary/aromatic N) is 2. The molecule has 0 amide bonds. The van der Waals surface area contributed by atoms with Crippen LogP contribution in [0.25, 0.3) is 0 Å². The van der Waals surface area contributed by atoms with Crippen LogP contribution < -0.4 is 0 Å². The predicted octanol–water partition coefficient (Wildman–Crippen LogP) is 1.35. The van der Waals surface area contributed by atoms with E-state index in [2.05, 4.69) is 16.7 Å². The molecule has 0 aromatic heterocycles. The van der Waals surface area contributed by atoms with E-state index in [4.69, 9.17) is 0 Å². The number of carbonyl (C=O) groups excluding carboxylic acids is 1. The molecule has 1 atom stereocenters. The van der Waals surface area contributed by atoms with Gasteiger partial charge in [-0.3, -0.25) is 9.69 Å². The van der Waals surface area contributed by atoms with E-state index >= 15 is 0 Å². The van der Waals surface area contributed by atoms with Gasteiger partial charge in [0.25, 0.3) is 0 Å². The number of aromatic hydroxyl groups is 1. The first kappa shape index (κ1) is 14.0. The number of Topliss-reactive ketones (excluding diaryl/α,β-unsaturated/α-hetero) is 1. The minimum Gasteiger partial charge on any atom is -0.507 e. The zero-order valence-corrected chi connectivity index (χ0v) is 11.3. The molecule has 0 saturated carbocycles. The van der Waals surface area contributed by atoms with Crippen LogP contribution in [0.3, 0.4) is 0 Å². The highest BCUT2D eigenvalue weighted by molar-refractivity contribution is 6.00. The van der Waals surface area contributed by atoms with Gasteiger partial charge in [0.1, 0.15) is 11.6 Å². The van der Waals surface area contributed by atoms with E-state index < -0.39 is 5.82 Å². The van der Waals surface area contributed by atoms with E-state index in [0.717, 1.165) is 31.8 Å². The highest BCUT2D eigenvalue weighted by Gasteiger charge is 2.24. The molecule has 1 aromatic rings. The van der Waals surface area contributed by atoms with Gasteiger partial charge in [-0.05, 0) is 32.2 Å². The molecular formula is C14H19FN2O2. The number of ketones is 1. The molecule has 1 N–H and O–H groups in total. The number of likely N-dealkylation sites (N-methyl/N-ethyl adjacent to an activating group) is 1. The Labute approximate surface area is 112 Å². The zero-order valence-electron chi connectivity index (χ0n) is 11.3. The van der Waals surface area contributed by atoms with Crippen LogP contribution in [0, 0.1) is 5.82 Å². The summed E-state index contributed by atoms with van der Waals surface area (Å²) < 4.78 is 13.1. The van der Waals surface area contributed by atoms with Gasteiger partial charge in [0, 0.05) is 25.7 Å². The Hall–Kier alpha value is -1.46. The Morgan fingerprint density at radius 2 is 2.21 bits per heavy atom. The molecule has 1 unspecified atom stereocenters. The average Bonchev–Trinajstić information content (AvgIpc) is 2.35. The van der Waals surface area contributed by atoms with Crippen molar-refractivity contribution in [3.63, 3.8) is 0 Å². The van der Waals surface area contributed by atoms with Gasteiger partial charge in [-0.25, -0.2) is 4.39 Å². The van der Waals surface area contributed by atoms with Gasteiger partial charge in [0.05, 0.1) is 12.1 Å².